The molecular weight excluding hydrogens is 332 g/mol. The molecule has 1 aliphatic rings. The maximum Gasteiger partial charge on any atom is 0.326 e. The van der Waals surface area contributed by atoms with Crippen LogP contribution in [0.15, 0.2) is 48.2 Å². The molecule has 2 aromatic carbocycles. The monoisotopic (exact) mass is 352 g/mol. The van der Waals surface area contributed by atoms with Gasteiger partial charge in [0.25, 0.3) is 5.91 Å². The number of aryl methyl sites for hydroxylation is 1. The van der Waals surface area contributed by atoms with Crippen molar-refractivity contribution < 1.29 is 19.1 Å². The summed E-state index contributed by atoms with van der Waals surface area (Å²) in [4.78, 5) is 22.8. The Morgan fingerprint density at radius 2 is 1.85 bits per heavy atom. The normalized spacial score (nSPS) is 14.9. The van der Waals surface area contributed by atoms with Crippen LogP contribution in [-0.4, -0.2) is 18.5 Å². The van der Waals surface area contributed by atoms with Crippen molar-refractivity contribution >= 4 is 18.0 Å². The fraction of sp³-hybridized carbons (Fsp3) is 0.200. The Morgan fingerprint density at radius 1 is 1.00 bits per heavy atom. The molecule has 0 unspecified atom stereocenters. The van der Waals surface area contributed by atoms with E-state index in [0.29, 0.717) is 24.7 Å². The minimum atomic E-state index is -0.524. The molecule has 1 fully saturated rings. The molecule has 6 heteroatoms. The highest BCUT2D eigenvalue weighted by Gasteiger charge is 2.22. The molecule has 2 N–H and O–H groups in total. The van der Waals surface area contributed by atoms with Gasteiger partial charge in [0.05, 0.1) is 6.61 Å². The van der Waals surface area contributed by atoms with Crippen molar-refractivity contribution in [2.45, 2.75) is 20.5 Å². The lowest BCUT2D eigenvalue weighted by Crippen LogP contribution is -2.22. The van der Waals surface area contributed by atoms with Crippen LogP contribution in [0.3, 0.4) is 0 Å². The fourth-order valence-corrected chi connectivity index (χ4v) is 2.61. The second-order valence-corrected chi connectivity index (χ2v) is 5.88. The van der Waals surface area contributed by atoms with E-state index in [1.165, 1.54) is 5.56 Å². The summed E-state index contributed by atoms with van der Waals surface area (Å²) >= 11 is 0. The lowest BCUT2D eigenvalue weighted by atomic mass is 10.1. The number of ether oxygens (including phenoxy) is 2. The van der Waals surface area contributed by atoms with E-state index in [1.807, 2.05) is 32.0 Å². The summed E-state index contributed by atoms with van der Waals surface area (Å²) in [6.07, 6.45) is 1.59. The average Bonchev–Trinajstić information content (AvgIpc) is 2.92. The number of rotatable bonds is 6. The predicted molar refractivity (Wildman–Crippen MR) is 97.8 cm³/mol. The van der Waals surface area contributed by atoms with E-state index in [-0.39, 0.29) is 5.70 Å². The molecule has 0 spiro atoms. The summed E-state index contributed by atoms with van der Waals surface area (Å²) in [6, 6.07) is 13.0. The molecule has 3 amide bonds. The van der Waals surface area contributed by atoms with E-state index < -0.39 is 11.9 Å². The van der Waals surface area contributed by atoms with Gasteiger partial charge in [-0.1, -0.05) is 35.9 Å². The number of urea groups is 1. The van der Waals surface area contributed by atoms with Gasteiger partial charge in [-0.25, -0.2) is 4.79 Å². The summed E-state index contributed by atoms with van der Waals surface area (Å²) in [7, 11) is 0. The van der Waals surface area contributed by atoms with Gasteiger partial charge in [-0.15, -0.1) is 0 Å². The van der Waals surface area contributed by atoms with Crippen molar-refractivity contribution in [3.05, 3.63) is 64.9 Å². The van der Waals surface area contributed by atoms with Crippen molar-refractivity contribution in [1.29, 1.82) is 0 Å². The van der Waals surface area contributed by atoms with Crippen LogP contribution in [0.4, 0.5) is 4.79 Å². The number of amides is 3. The Kier molecular flexibility index (Phi) is 5.22. The number of hydrogen-bond donors (Lipinski definition) is 2. The number of imide groups is 1. The van der Waals surface area contributed by atoms with Crippen molar-refractivity contribution in [3.8, 4) is 11.5 Å². The molecule has 1 aliphatic heterocycles. The average molecular weight is 352 g/mol. The fourth-order valence-electron chi connectivity index (χ4n) is 2.61. The first kappa shape index (κ1) is 17.5. The van der Waals surface area contributed by atoms with Crippen LogP contribution in [-0.2, 0) is 11.4 Å². The summed E-state index contributed by atoms with van der Waals surface area (Å²) in [5.74, 6) is 0.752. The van der Waals surface area contributed by atoms with Crippen molar-refractivity contribution in [1.82, 2.24) is 10.6 Å². The smallest absolute Gasteiger partial charge is 0.326 e. The Morgan fingerprint density at radius 3 is 2.54 bits per heavy atom. The summed E-state index contributed by atoms with van der Waals surface area (Å²) in [6.45, 7) is 4.84. The molecule has 0 aliphatic carbocycles. The highest BCUT2D eigenvalue weighted by Crippen LogP contribution is 2.30. The topological polar surface area (TPSA) is 76.7 Å². The molecule has 0 aromatic heterocycles. The predicted octanol–water partition coefficient (Wildman–Crippen LogP) is 3.15. The Labute approximate surface area is 151 Å². The van der Waals surface area contributed by atoms with Gasteiger partial charge >= 0.3 is 6.03 Å². The molecule has 0 saturated carbocycles. The van der Waals surface area contributed by atoms with Gasteiger partial charge in [0.2, 0.25) is 0 Å². The zero-order valence-corrected chi connectivity index (χ0v) is 14.7. The minimum absolute atomic E-state index is 0.200. The van der Waals surface area contributed by atoms with E-state index in [1.54, 1.807) is 24.3 Å². The van der Waals surface area contributed by atoms with Crippen molar-refractivity contribution in [3.63, 3.8) is 0 Å². The van der Waals surface area contributed by atoms with Crippen LogP contribution in [0.2, 0.25) is 0 Å². The van der Waals surface area contributed by atoms with Crippen LogP contribution >= 0.6 is 0 Å². The van der Waals surface area contributed by atoms with Gasteiger partial charge in [-0.3, -0.25) is 10.1 Å². The highest BCUT2D eigenvalue weighted by molar-refractivity contribution is 6.14. The van der Waals surface area contributed by atoms with E-state index in [4.69, 9.17) is 9.47 Å². The molecule has 134 valence electrons. The lowest BCUT2D eigenvalue weighted by molar-refractivity contribution is -0.115. The molecule has 0 bridgehead atoms. The lowest BCUT2D eigenvalue weighted by Gasteiger charge is -2.13. The maximum absolute atomic E-state index is 11.6. The maximum atomic E-state index is 11.6. The quantitative estimate of drug-likeness (QED) is 0.618. The largest absolute Gasteiger partial charge is 0.490 e. The number of nitrogens with one attached hydrogen (secondary N) is 2. The number of carbonyl (C=O) groups excluding carboxylic acids is 2. The van der Waals surface area contributed by atoms with Gasteiger partial charge in [0, 0.05) is 0 Å². The number of benzene rings is 2. The van der Waals surface area contributed by atoms with Crippen LogP contribution in [0.25, 0.3) is 6.08 Å². The molecular formula is C20H20N2O4. The highest BCUT2D eigenvalue weighted by atomic mass is 16.5. The van der Waals surface area contributed by atoms with Crippen LogP contribution < -0.4 is 20.1 Å². The van der Waals surface area contributed by atoms with Gasteiger partial charge in [-0.05, 0) is 43.2 Å². The zero-order chi connectivity index (χ0) is 18.5. The molecule has 2 aromatic rings. The molecule has 6 nitrogen and oxygen atoms in total. The molecule has 1 saturated heterocycles. The van der Waals surface area contributed by atoms with Crippen molar-refractivity contribution in [2.75, 3.05) is 6.61 Å². The molecule has 0 radical (unpaired) electrons. The van der Waals surface area contributed by atoms with E-state index in [0.717, 1.165) is 11.1 Å². The van der Waals surface area contributed by atoms with Gasteiger partial charge < -0.3 is 14.8 Å². The molecule has 26 heavy (non-hydrogen) atoms. The van der Waals surface area contributed by atoms with Crippen LogP contribution in [0.1, 0.15) is 23.6 Å². The molecule has 1 heterocycles. The molecule has 3 rings (SSSR count). The van der Waals surface area contributed by atoms with E-state index >= 15 is 0 Å². The van der Waals surface area contributed by atoms with Gasteiger partial charge in [0.1, 0.15) is 12.3 Å². The summed E-state index contributed by atoms with van der Waals surface area (Å²) in [5, 5.41) is 4.63. The first-order valence-electron chi connectivity index (χ1n) is 8.34. The third kappa shape index (κ3) is 4.22. The van der Waals surface area contributed by atoms with E-state index in [9.17, 15) is 9.59 Å². The number of hydrogen-bond acceptors (Lipinski definition) is 4. The Balaban J connectivity index is 1.79. The Bertz CT molecular complexity index is 874. The van der Waals surface area contributed by atoms with Gasteiger partial charge in [0.15, 0.2) is 11.5 Å². The minimum Gasteiger partial charge on any atom is -0.490 e. The van der Waals surface area contributed by atoms with Crippen molar-refractivity contribution in [2.24, 2.45) is 0 Å². The third-order valence-electron chi connectivity index (χ3n) is 3.78. The van der Waals surface area contributed by atoms with Gasteiger partial charge in [-0.2, -0.15) is 0 Å². The zero-order valence-electron chi connectivity index (χ0n) is 14.7. The van der Waals surface area contributed by atoms with Crippen LogP contribution in [0, 0.1) is 6.92 Å². The molecule has 0 atom stereocenters. The second kappa shape index (κ2) is 7.74. The number of carbonyl (C=O) groups is 2. The third-order valence-corrected chi connectivity index (χ3v) is 3.78. The Hall–Kier alpha value is -3.28. The van der Waals surface area contributed by atoms with E-state index in [2.05, 4.69) is 16.7 Å². The van der Waals surface area contributed by atoms with Crippen LogP contribution in [0.5, 0.6) is 11.5 Å². The standard InChI is InChI=1S/C20H20N2O4/c1-3-25-18-11-14(10-16-19(23)22-20(24)21-16)7-8-17(18)26-12-15-6-4-5-13(2)9-15/h4-11H,3,12H2,1-2H3,(H2,21,22,23,24). The SMILES string of the molecule is CCOc1cc(C=C2NC(=O)NC2=O)ccc1OCc1cccc(C)c1. The summed E-state index contributed by atoms with van der Waals surface area (Å²) < 4.78 is 11.6. The first-order chi connectivity index (χ1) is 12.5. The first-order valence-corrected chi connectivity index (χ1v) is 8.34. The summed E-state index contributed by atoms with van der Waals surface area (Å²) in [5.41, 5.74) is 3.17. The second-order valence-electron chi connectivity index (χ2n) is 5.88.